The van der Waals surface area contributed by atoms with Crippen molar-refractivity contribution in [3.8, 4) is 11.1 Å². The molecule has 5 aromatic rings. The lowest BCUT2D eigenvalue weighted by atomic mass is 9.94. The van der Waals surface area contributed by atoms with Crippen molar-refractivity contribution >= 4 is 46.0 Å². The van der Waals surface area contributed by atoms with E-state index in [4.69, 9.17) is 47.7 Å². The predicted octanol–water partition coefficient (Wildman–Crippen LogP) is 5.61. The van der Waals surface area contributed by atoms with E-state index in [2.05, 4.69) is 21.7 Å². The van der Waals surface area contributed by atoms with Gasteiger partial charge in [0.2, 0.25) is 0 Å². The van der Waals surface area contributed by atoms with Gasteiger partial charge in [0.25, 0.3) is 5.56 Å². The lowest BCUT2D eigenvalue weighted by Crippen LogP contribution is -2.22. The number of methoxy groups -OCH3 is 1. The lowest BCUT2D eigenvalue weighted by Gasteiger charge is -2.22. The molecule has 11 heteroatoms. The second kappa shape index (κ2) is 13.3. The Hall–Kier alpha value is -4.44. The zero-order chi connectivity index (χ0) is 29.5. The van der Waals surface area contributed by atoms with E-state index in [0.717, 1.165) is 33.2 Å². The Morgan fingerprint density at radius 3 is 2.24 bits per heavy atom. The largest absolute Gasteiger partial charge is 0.473 e. The third kappa shape index (κ3) is 7.01. The van der Waals surface area contributed by atoms with Gasteiger partial charge in [0.05, 0.1) is 24.5 Å². The molecule has 9 nitrogen and oxygen atoms in total. The minimum Gasteiger partial charge on any atom is -0.473 e. The van der Waals surface area contributed by atoms with Crippen LogP contribution >= 0.6 is 23.2 Å². The maximum absolute atomic E-state index is 13.1. The van der Waals surface area contributed by atoms with Gasteiger partial charge in [-0.2, -0.15) is 0 Å². The SMILES string of the molecule is COCCn1c(=O)cc(-c2cccc(Cl)c2)c2cc(C(c3ccc(Cl)cc3)n3ccnc3)ccc21.O=C(O)C(=O)O. The summed E-state index contributed by atoms with van der Waals surface area (Å²) in [5.41, 5.74) is 4.61. The molecular formula is C30H25Cl2N3O6. The van der Waals surface area contributed by atoms with E-state index in [1.54, 1.807) is 30.3 Å². The monoisotopic (exact) mass is 593 g/mol. The molecule has 0 aliphatic heterocycles. The number of aliphatic carboxylic acids is 2. The molecule has 41 heavy (non-hydrogen) atoms. The van der Waals surface area contributed by atoms with E-state index in [-0.39, 0.29) is 11.6 Å². The van der Waals surface area contributed by atoms with Gasteiger partial charge in [-0.3, -0.25) is 4.79 Å². The quantitative estimate of drug-likeness (QED) is 0.235. The van der Waals surface area contributed by atoms with Gasteiger partial charge in [0, 0.05) is 47.5 Å². The van der Waals surface area contributed by atoms with Crippen molar-refractivity contribution in [2.45, 2.75) is 12.6 Å². The number of carbonyl (C=O) groups is 2. The maximum atomic E-state index is 13.1. The first-order chi connectivity index (χ1) is 19.7. The van der Waals surface area contributed by atoms with Crippen molar-refractivity contribution in [3.63, 3.8) is 0 Å². The van der Waals surface area contributed by atoms with Crippen LogP contribution < -0.4 is 5.56 Å². The predicted molar refractivity (Wildman–Crippen MR) is 157 cm³/mol. The summed E-state index contributed by atoms with van der Waals surface area (Å²) in [6.07, 6.45) is 5.52. The van der Waals surface area contributed by atoms with Gasteiger partial charge in [-0.25, -0.2) is 14.6 Å². The normalized spacial score (nSPS) is 11.5. The first kappa shape index (κ1) is 29.5. The molecule has 0 fully saturated rings. The first-order valence-corrected chi connectivity index (χ1v) is 13.1. The van der Waals surface area contributed by atoms with E-state index in [1.807, 2.05) is 60.8 Å². The highest BCUT2D eigenvalue weighted by molar-refractivity contribution is 6.31. The molecule has 5 rings (SSSR count). The molecule has 3 aromatic carbocycles. The van der Waals surface area contributed by atoms with Crippen molar-refractivity contribution in [3.05, 3.63) is 123 Å². The third-order valence-corrected chi connectivity index (χ3v) is 6.78. The lowest BCUT2D eigenvalue weighted by molar-refractivity contribution is -0.159. The summed E-state index contributed by atoms with van der Waals surface area (Å²) in [5, 5.41) is 17.0. The Bertz CT molecular complexity index is 1720. The maximum Gasteiger partial charge on any atom is 0.414 e. The molecule has 1 atom stereocenters. The van der Waals surface area contributed by atoms with Crippen molar-refractivity contribution in [2.75, 3.05) is 13.7 Å². The topological polar surface area (TPSA) is 124 Å². The number of pyridine rings is 1. The van der Waals surface area contributed by atoms with E-state index >= 15 is 0 Å². The third-order valence-electron chi connectivity index (χ3n) is 6.30. The van der Waals surface area contributed by atoms with E-state index < -0.39 is 11.9 Å². The summed E-state index contributed by atoms with van der Waals surface area (Å²) >= 11 is 12.5. The highest BCUT2D eigenvalue weighted by Gasteiger charge is 2.19. The number of carboxylic acids is 2. The fourth-order valence-electron chi connectivity index (χ4n) is 4.48. The second-order valence-corrected chi connectivity index (χ2v) is 9.77. The number of ether oxygens (including phenoxy) is 1. The average Bonchev–Trinajstić information content (AvgIpc) is 3.48. The second-order valence-electron chi connectivity index (χ2n) is 8.90. The molecule has 210 valence electrons. The highest BCUT2D eigenvalue weighted by atomic mass is 35.5. The number of carboxylic acid groups (broad SMARTS) is 2. The molecular weight excluding hydrogens is 569 g/mol. The number of hydrogen-bond donors (Lipinski definition) is 2. The molecule has 0 aliphatic carbocycles. The fraction of sp³-hybridized carbons (Fsp3) is 0.133. The number of aromatic nitrogens is 3. The first-order valence-electron chi connectivity index (χ1n) is 12.3. The number of benzene rings is 3. The van der Waals surface area contributed by atoms with E-state index in [0.29, 0.717) is 23.2 Å². The summed E-state index contributed by atoms with van der Waals surface area (Å²) < 4.78 is 9.08. The summed E-state index contributed by atoms with van der Waals surface area (Å²) in [4.78, 5) is 35.6. The van der Waals surface area contributed by atoms with Gasteiger partial charge in [-0.1, -0.05) is 53.5 Å². The average molecular weight is 594 g/mol. The van der Waals surface area contributed by atoms with Crippen molar-refractivity contribution < 1.29 is 24.5 Å². The van der Waals surface area contributed by atoms with Crippen LogP contribution in [0.1, 0.15) is 17.2 Å². The molecule has 0 aliphatic rings. The molecule has 0 spiro atoms. The fourth-order valence-corrected chi connectivity index (χ4v) is 4.80. The van der Waals surface area contributed by atoms with Crippen molar-refractivity contribution in [1.82, 2.24) is 14.1 Å². The van der Waals surface area contributed by atoms with Crippen LogP contribution in [0.25, 0.3) is 22.0 Å². The summed E-state index contributed by atoms with van der Waals surface area (Å²) in [6, 6.07) is 23.2. The van der Waals surface area contributed by atoms with Gasteiger partial charge < -0.3 is 24.1 Å². The molecule has 1 unspecified atom stereocenters. The Morgan fingerprint density at radius 2 is 1.63 bits per heavy atom. The summed E-state index contributed by atoms with van der Waals surface area (Å²) in [6.45, 7) is 0.902. The number of rotatable bonds is 7. The van der Waals surface area contributed by atoms with Gasteiger partial charge >= 0.3 is 11.9 Å². The minimum atomic E-state index is -1.82. The Kier molecular flexibility index (Phi) is 9.57. The summed E-state index contributed by atoms with van der Waals surface area (Å²) in [7, 11) is 1.63. The minimum absolute atomic E-state index is 0.0823. The van der Waals surface area contributed by atoms with Crippen molar-refractivity contribution in [1.29, 1.82) is 0 Å². The van der Waals surface area contributed by atoms with Gasteiger partial charge in [-0.05, 0) is 58.7 Å². The molecule has 0 radical (unpaired) electrons. The number of nitrogens with zero attached hydrogens (tertiary/aromatic N) is 3. The summed E-state index contributed by atoms with van der Waals surface area (Å²) in [5.74, 6) is -3.65. The van der Waals surface area contributed by atoms with Crippen LogP contribution in [-0.2, 0) is 20.9 Å². The standard InChI is InChI=1S/C28H23Cl2N3O2.C2H2O4/c1-35-14-13-33-26-10-7-21(28(32-12-11-31-18-32)19-5-8-22(29)9-6-19)16-25(26)24(17-27(33)34)20-3-2-4-23(30)15-20;3-1(4)2(5)6/h2-12,15-18,28H,13-14H2,1H3;(H,3,4)(H,5,6). The number of hydrogen-bond acceptors (Lipinski definition) is 5. The number of imidazole rings is 1. The molecule has 2 aromatic heterocycles. The van der Waals surface area contributed by atoms with Crippen LogP contribution in [-0.4, -0.2) is 50.0 Å². The van der Waals surface area contributed by atoms with Crippen LogP contribution in [0.5, 0.6) is 0 Å². The molecule has 0 saturated heterocycles. The Labute approximate surface area is 244 Å². The van der Waals surface area contributed by atoms with E-state index in [1.165, 1.54) is 0 Å². The molecule has 0 amide bonds. The van der Waals surface area contributed by atoms with Crippen LogP contribution in [0, 0.1) is 0 Å². The van der Waals surface area contributed by atoms with Crippen LogP contribution in [0.4, 0.5) is 0 Å². The number of halogens is 2. The van der Waals surface area contributed by atoms with Crippen molar-refractivity contribution in [2.24, 2.45) is 0 Å². The van der Waals surface area contributed by atoms with Gasteiger partial charge in [0.1, 0.15) is 0 Å². The van der Waals surface area contributed by atoms with Crippen LogP contribution in [0.2, 0.25) is 10.0 Å². The van der Waals surface area contributed by atoms with Gasteiger partial charge in [0.15, 0.2) is 0 Å². The zero-order valence-corrected chi connectivity index (χ0v) is 23.3. The van der Waals surface area contributed by atoms with Crippen LogP contribution in [0.15, 0.2) is 96.3 Å². The van der Waals surface area contributed by atoms with Gasteiger partial charge in [-0.15, -0.1) is 0 Å². The van der Waals surface area contributed by atoms with Crippen LogP contribution in [0.3, 0.4) is 0 Å². The zero-order valence-electron chi connectivity index (χ0n) is 21.8. The Balaban J connectivity index is 0.000000585. The number of fused-ring (bicyclic) bond motifs is 1. The molecule has 2 N–H and O–H groups in total. The highest BCUT2D eigenvalue weighted by Crippen LogP contribution is 2.34. The molecule has 0 bridgehead atoms. The smallest absolute Gasteiger partial charge is 0.414 e. The van der Waals surface area contributed by atoms with E-state index in [9.17, 15) is 4.79 Å². The Morgan fingerprint density at radius 1 is 0.927 bits per heavy atom. The molecule has 0 saturated carbocycles. The molecule has 2 heterocycles.